The van der Waals surface area contributed by atoms with Crippen LogP contribution >= 0.6 is 0 Å². The summed E-state index contributed by atoms with van der Waals surface area (Å²) < 4.78 is 33.3. The highest BCUT2D eigenvalue weighted by molar-refractivity contribution is 7.88. The molecule has 0 saturated carbocycles. The summed E-state index contributed by atoms with van der Waals surface area (Å²) in [4.78, 5) is 4.27. The first-order valence-corrected chi connectivity index (χ1v) is 11.9. The van der Waals surface area contributed by atoms with Crippen LogP contribution in [0, 0.1) is 6.92 Å². The van der Waals surface area contributed by atoms with Gasteiger partial charge in [-0.25, -0.2) is 13.1 Å². The van der Waals surface area contributed by atoms with Crippen molar-refractivity contribution >= 4 is 27.0 Å². The lowest BCUT2D eigenvalue weighted by Crippen LogP contribution is -2.36. The Morgan fingerprint density at radius 3 is 2.32 bits per heavy atom. The van der Waals surface area contributed by atoms with Crippen LogP contribution in [0.3, 0.4) is 0 Å². The Balaban J connectivity index is 1.64. The summed E-state index contributed by atoms with van der Waals surface area (Å²) in [5.74, 6) is 1.40. The van der Waals surface area contributed by atoms with Crippen LogP contribution in [0.15, 0.2) is 57.9 Å². The number of hydrogen-bond donors (Lipinski definition) is 3. The molecule has 3 rings (SSSR count). The number of benzene rings is 2. The summed E-state index contributed by atoms with van der Waals surface area (Å²) in [5.41, 5.74) is 3.63. The van der Waals surface area contributed by atoms with Gasteiger partial charge in [-0.2, -0.15) is 0 Å². The van der Waals surface area contributed by atoms with Crippen molar-refractivity contribution in [2.45, 2.75) is 45.7 Å². The first-order valence-electron chi connectivity index (χ1n) is 10.3. The lowest BCUT2D eigenvalue weighted by atomic mass is 10.1. The SMILES string of the molecule is CN=C(NCc1ccccc1CS(=O)(=O)NC(C)C)NCc1oc2ccccc2c1C. The standard InChI is InChI=1S/C23H30N4O3S/c1-16(2)27-31(28,29)15-19-10-6-5-9-18(19)13-25-23(24-4)26-14-22-17(3)20-11-7-8-12-21(20)30-22/h5-12,16,27H,13-15H2,1-4H3,(H2,24,25,26). The maximum absolute atomic E-state index is 12.3. The number of aliphatic imine (C=N–C) groups is 1. The second-order valence-corrected chi connectivity index (χ2v) is 9.48. The van der Waals surface area contributed by atoms with E-state index in [1.807, 2.05) is 69.3 Å². The van der Waals surface area contributed by atoms with Gasteiger partial charge >= 0.3 is 0 Å². The molecule has 0 radical (unpaired) electrons. The van der Waals surface area contributed by atoms with Crippen LogP contribution in [0.2, 0.25) is 0 Å². The van der Waals surface area contributed by atoms with Crippen molar-refractivity contribution in [2.24, 2.45) is 4.99 Å². The van der Waals surface area contributed by atoms with Crippen molar-refractivity contribution in [1.29, 1.82) is 0 Å². The van der Waals surface area contributed by atoms with E-state index in [4.69, 9.17) is 4.42 Å². The zero-order valence-electron chi connectivity index (χ0n) is 18.4. The molecule has 2 aromatic carbocycles. The maximum atomic E-state index is 12.3. The van der Waals surface area contributed by atoms with Crippen LogP contribution in [0.5, 0.6) is 0 Å². The predicted molar refractivity (Wildman–Crippen MR) is 125 cm³/mol. The van der Waals surface area contributed by atoms with Crippen LogP contribution in [0.25, 0.3) is 11.0 Å². The van der Waals surface area contributed by atoms with Gasteiger partial charge in [-0.1, -0.05) is 42.5 Å². The van der Waals surface area contributed by atoms with Crippen molar-refractivity contribution in [3.05, 3.63) is 71.0 Å². The molecular formula is C23H30N4O3S. The Hall–Kier alpha value is -2.84. The molecule has 0 aliphatic carbocycles. The van der Waals surface area contributed by atoms with Gasteiger partial charge in [-0.15, -0.1) is 0 Å². The topological polar surface area (TPSA) is 95.7 Å². The summed E-state index contributed by atoms with van der Waals surface area (Å²) in [6, 6.07) is 15.3. The summed E-state index contributed by atoms with van der Waals surface area (Å²) in [5, 5.41) is 7.63. The van der Waals surface area contributed by atoms with Gasteiger partial charge in [-0.05, 0) is 38.0 Å². The molecule has 0 atom stereocenters. The number of nitrogens with one attached hydrogen (secondary N) is 3. The highest BCUT2D eigenvalue weighted by atomic mass is 32.2. The number of rotatable bonds is 8. The fourth-order valence-electron chi connectivity index (χ4n) is 3.43. The van der Waals surface area contributed by atoms with Gasteiger partial charge in [0, 0.05) is 30.6 Å². The number of para-hydroxylation sites is 1. The van der Waals surface area contributed by atoms with Gasteiger partial charge < -0.3 is 15.1 Å². The first kappa shape index (κ1) is 22.8. The summed E-state index contributed by atoms with van der Waals surface area (Å²) in [7, 11) is -1.70. The number of guanidine groups is 1. The molecule has 3 aromatic rings. The minimum absolute atomic E-state index is 0.0623. The van der Waals surface area contributed by atoms with E-state index in [-0.39, 0.29) is 11.8 Å². The minimum atomic E-state index is -3.40. The third kappa shape index (κ3) is 6.08. The Kier molecular flexibility index (Phi) is 7.35. The monoisotopic (exact) mass is 442 g/mol. The van der Waals surface area contributed by atoms with Crippen LogP contribution in [0.4, 0.5) is 0 Å². The number of furan rings is 1. The minimum Gasteiger partial charge on any atom is -0.459 e. The van der Waals surface area contributed by atoms with Gasteiger partial charge in [0.05, 0.1) is 12.3 Å². The van der Waals surface area contributed by atoms with Crippen LogP contribution in [-0.2, 0) is 28.9 Å². The van der Waals surface area contributed by atoms with E-state index < -0.39 is 10.0 Å². The molecule has 0 unspecified atom stereocenters. The highest BCUT2D eigenvalue weighted by Crippen LogP contribution is 2.24. The van der Waals surface area contributed by atoms with Crippen LogP contribution in [-0.4, -0.2) is 27.5 Å². The number of sulfonamides is 1. The third-order valence-electron chi connectivity index (χ3n) is 4.91. The van der Waals surface area contributed by atoms with E-state index >= 15 is 0 Å². The fraction of sp³-hybridized carbons (Fsp3) is 0.348. The van der Waals surface area contributed by atoms with Gasteiger partial charge in [0.15, 0.2) is 5.96 Å². The quantitative estimate of drug-likeness (QED) is 0.367. The van der Waals surface area contributed by atoms with E-state index in [1.165, 1.54) is 0 Å². The van der Waals surface area contributed by atoms with Crippen molar-refractivity contribution < 1.29 is 12.8 Å². The highest BCUT2D eigenvalue weighted by Gasteiger charge is 2.16. The molecule has 3 N–H and O–H groups in total. The molecule has 166 valence electrons. The third-order valence-corrected chi connectivity index (χ3v) is 6.43. The smallest absolute Gasteiger partial charge is 0.216 e. The fourth-order valence-corrected chi connectivity index (χ4v) is 4.93. The molecule has 8 heteroatoms. The summed E-state index contributed by atoms with van der Waals surface area (Å²) in [6.07, 6.45) is 0. The van der Waals surface area contributed by atoms with Crippen LogP contribution < -0.4 is 15.4 Å². The van der Waals surface area contributed by atoms with Crippen LogP contribution in [0.1, 0.15) is 36.3 Å². The number of fused-ring (bicyclic) bond motifs is 1. The van der Waals surface area contributed by atoms with E-state index in [2.05, 4.69) is 20.3 Å². The molecule has 7 nitrogen and oxygen atoms in total. The summed E-state index contributed by atoms with van der Waals surface area (Å²) >= 11 is 0. The molecular weight excluding hydrogens is 412 g/mol. The second kappa shape index (κ2) is 9.98. The van der Waals surface area contributed by atoms with Crippen molar-refractivity contribution in [2.75, 3.05) is 7.05 Å². The summed E-state index contributed by atoms with van der Waals surface area (Å²) in [6.45, 7) is 6.61. The Morgan fingerprint density at radius 2 is 1.65 bits per heavy atom. The number of hydrogen-bond acceptors (Lipinski definition) is 4. The van der Waals surface area contributed by atoms with E-state index in [9.17, 15) is 8.42 Å². The zero-order chi connectivity index (χ0) is 22.4. The average molecular weight is 443 g/mol. The van der Waals surface area contributed by atoms with E-state index in [1.54, 1.807) is 7.05 Å². The van der Waals surface area contributed by atoms with Gasteiger partial charge in [0.1, 0.15) is 11.3 Å². The van der Waals surface area contributed by atoms with Gasteiger partial charge in [0.2, 0.25) is 10.0 Å². The first-order chi connectivity index (χ1) is 14.8. The van der Waals surface area contributed by atoms with Gasteiger partial charge in [-0.3, -0.25) is 4.99 Å². The second-order valence-electron chi connectivity index (χ2n) is 7.73. The molecule has 0 aliphatic heterocycles. The van der Waals surface area contributed by atoms with Gasteiger partial charge in [0.25, 0.3) is 0 Å². The molecule has 31 heavy (non-hydrogen) atoms. The predicted octanol–water partition coefficient (Wildman–Crippen LogP) is 3.43. The Bertz CT molecular complexity index is 1170. The molecule has 0 bridgehead atoms. The molecule has 0 saturated heterocycles. The van der Waals surface area contributed by atoms with Crippen molar-refractivity contribution in [1.82, 2.24) is 15.4 Å². The molecule has 0 fully saturated rings. The molecule has 1 heterocycles. The largest absolute Gasteiger partial charge is 0.459 e. The normalized spacial score (nSPS) is 12.5. The van der Waals surface area contributed by atoms with E-state index in [0.717, 1.165) is 33.4 Å². The number of nitrogens with zero attached hydrogens (tertiary/aromatic N) is 1. The number of aryl methyl sites for hydroxylation is 1. The van der Waals surface area contributed by atoms with E-state index in [0.29, 0.717) is 19.0 Å². The Labute approximate surface area is 184 Å². The molecule has 0 amide bonds. The molecule has 1 aromatic heterocycles. The van der Waals surface area contributed by atoms with Crippen molar-refractivity contribution in [3.8, 4) is 0 Å². The average Bonchev–Trinajstić information content (AvgIpc) is 3.04. The lowest BCUT2D eigenvalue weighted by Gasteiger charge is -2.15. The zero-order valence-corrected chi connectivity index (χ0v) is 19.2. The Morgan fingerprint density at radius 1 is 1.00 bits per heavy atom. The maximum Gasteiger partial charge on any atom is 0.216 e. The molecule has 0 spiro atoms. The molecule has 0 aliphatic rings. The van der Waals surface area contributed by atoms with Crippen molar-refractivity contribution in [3.63, 3.8) is 0 Å². The lowest BCUT2D eigenvalue weighted by molar-refractivity contribution is 0.534.